The number of benzene rings is 3. The lowest BCUT2D eigenvalue weighted by Crippen LogP contribution is -2.13. The Kier molecular flexibility index (Phi) is 5.55. The van der Waals surface area contributed by atoms with Gasteiger partial charge in [0.2, 0.25) is 0 Å². The van der Waals surface area contributed by atoms with Crippen LogP contribution in [0.15, 0.2) is 78.2 Å². The second-order valence-electron chi connectivity index (χ2n) is 6.19. The first-order chi connectivity index (χ1) is 14.1. The minimum absolute atomic E-state index is 0.000399. The van der Waals surface area contributed by atoms with Gasteiger partial charge in [-0.15, -0.1) is 11.3 Å². The van der Waals surface area contributed by atoms with Crippen molar-refractivity contribution in [2.45, 2.75) is 0 Å². The quantitative estimate of drug-likeness (QED) is 0.380. The Balaban J connectivity index is 1.51. The highest BCUT2D eigenvalue weighted by molar-refractivity contribution is 7.14. The molecule has 29 heavy (non-hydrogen) atoms. The van der Waals surface area contributed by atoms with E-state index < -0.39 is 11.7 Å². The van der Waals surface area contributed by atoms with Crippen LogP contribution in [-0.2, 0) is 0 Å². The summed E-state index contributed by atoms with van der Waals surface area (Å²) in [6.45, 7) is 0. The van der Waals surface area contributed by atoms with Crippen LogP contribution >= 0.6 is 22.9 Å². The lowest BCUT2D eigenvalue weighted by Gasteiger charge is -2.07. The fourth-order valence-corrected chi connectivity index (χ4v) is 3.68. The number of nitrogens with one attached hydrogen (secondary N) is 2. The number of hydrogen-bond acceptors (Lipinski definition) is 4. The van der Waals surface area contributed by atoms with E-state index in [0.717, 1.165) is 22.1 Å². The summed E-state index contributed by atoms with van der Waals surface area (Å²) in [5, 5.41) is 9.24. The molecular formula is C22H15ClFN3OS. The highest BCUT2D eigenvalue weighted by atomic mass is 35.5. The van der Waals surface area contributed by atoms with Crippen LogP contribution in [0, 0.1) is 5.82 Å². The van der Waals surface area contributed by atoms with Crippen LogP contribution in [0.25, 0.3) is 11.3 Å². The SMILES string of the molecule is O=C(Nc1cccc(-c2csc(Nc3cccc(Cl)c3)n2)c1)c1ccccc1F. The minimum atomic E-state index is -0.558. The number of carbonyl (C=O) groups is 1. The van der Waals surface area contributed by atoms with Crippen LogP contribution in [0.5, 0.6) is 0 Å². The highest BCUT2D eigenvalue weighted by Gasteiger charge is 2.12. The molecule has 4 aromatic rings. The molecule has 7 heteroatoms. The molecule has 0 atom stereocenters. The van der Waals surface area contributed by atoms with E-state index in [-0.39, 0.29) is 5.56 Å². The molecular weight excluding hydrogens is 409 g/mol. The second-order valence-corrected chi connectivity index (χ2v) is 7.48. The Morgan fingerprint density at radius 2 is 1.76 bits per heavy atom. The fourth-order valence-electron chi connectivity index (χ4n) is 2.75. The van der Waals surface area contributed by atoms with Gasteiger partial charge in [-0.05, 0) is 42.5 Å². The molecule has 0 spiro atoms. The molecule has 4 rings (SSSR count). The molecule has 0 bridgehead atoms. The summed E-state index contributed by atoms with van der Waals surface area (Å²) in [5.41, 5.74) is 3.02. The van der Waals surface area contributed by atoms with E-state index in [2.05, 4.69) is 15.6 Å². The Morgan fingerprint density at radius 1 is 0.966 bits per heavy atom. The molecule has 0 fully saturated rings. The fraction of sp³-hybridized carbons (Fsp3) is 0. The number of thiazole rings is 1. The number of aromatic nitrogens is 1. The minimum Gasteiger partial charge on any atom is -0.331 e. The number of anilines is 3. The van der Waals surface area contributed by atoms with Crippen molar-refractivity contribution in [1.82, 2.24) is 4.98 Å². The van der Waals surface area contributed by atoms with Crippen LogP contribution in [0.2, 0.25) is 5.02 Å². The van der Waals surface area contributed by atoms with E-state index in [1.807, 2.05) is 35.7 Å². The summed E-state index contributed by atoms with van der Waals surface area (Å²) >= 11 is 7.47. The topological polar surface area (TPSA) is 54.0 Å². The Labute approximate surface area is 176 Å². The number of carbonyl (C=O) groups excluding carboxylic acids is 1. The molecule has 0 radical (unpaired) electrons. The number of rotatable bonds is 5. The molecule has 0 saturated carbocycles. The van der Waals surface area contributed by atoms with Gasteiger partial charge in [0, 0.05) is 27.3 Å². The van der Waals surface area contributed by atoms with Crippen molar-refractivity contribution >= 4 is 45.4 Å². The van der Waals surface area contributed by atoms with Crippen molar-refractivity contribution in [1.29, 1.82) is 0 Å². The number of hydrogen-bond donors (Lipinski definition) is 2. The summed E-state index contributed by atoms with van der Waals surface area (Å²) in [6, 6.07) is 20.5. The van der Waals surface area contributed by atoms with Gasteiger partial charge in [-0.2, -0.15) is 0 Å². The van der Waals surface area contributed by atoms with Gasteiger partial charge in [0.1, 0.15) is 5.82 Å². The first-order valence-corrected chi connectivity index (χ1v) is 9.99. The Bertz CT molecular complexity index is 1180. The van der Waals surface area contributed by atoms with Crippen LogP contribution in [0.4, 0.5) is 20.9 Å². The maximum absolute atomic E-state index is 13.8. The highest BCUT2D eigenvalue weighted by Crippen LogP contribution is 2.29. The molecule has 1 aromatic heterocycles. The summed E-state index contributed by atoms with van der Waals surface area (Å²) in [7, 11) is 0. The monoisotopic (exact) mass is 423 g/mol. The van der Waals surface area contributed by atoms with E-state index in [4.69, 9.17) is 11.6 Å². The molecule has 1 heterocycles. The number of amides is 1. The Morgan fingerprint density at radius 3 is 2.59 bits per heavy atom. The average molecular weight is 424 g/mol. The smallest absolute Gasteiger partial charge is 0.258 e. The maximum Gasteiger partial charge on any atom is 0.258 e. The van der Waals surface area contributed by atoms with Crippen LogP contribution in [-0.4, -0.2) is 10.9 Å². The molecule has 0 aliphatic rings. The van der Waals surface area contributed by atoms with Gasteiger partial charge < -0.3 is 10.6 Å². The summed E-state index contributed by atoms with van der Waals surface area (Å²) in [5.74, 6) is -1.06. The molecule has 1 amide bonds. The third kappa shape index (κ3) is 4.62. The van der Waals surface area contributed by atoms with Crippen LogP contribution in [0.3, 0.4) is 0 Å². The molecule has 0 aliphatic carbocycles. The summed E-state index contributed by atoms with van der Waals surface area (Å²) in [6.07, 6.45) is 0. The predicted octanol–water partition coefficient (Wildman–Crippen LogP) is 6.60. The van der Waals surface area contributed by atoms with E-state index in [0.29, 0.717) is 10.7 Å². The van der Waals surface area contributed by atoms with E-state index in [9.17, 15) is 9.18 Å². The second kappa shape index (κ2) is 8.43. The molecule has 144 valence electrons. The number of halogens is 2. The van der Waals surface area contributed by atoms with Gasteiger partial charge in [0.05, 0.1) is 11.3 Å². The van der Waals surface area contributed by atoms with Crippen molar-refractivity contribution in [3.05, 3.63) is 94.6 Å². The van der Waals surface area contributed by atoms with Gasteiger partial charge in [-0.3, -0.25) is 4.79 Å². The molecule has 0 saturated heterocycles. The van der Waals surface area contributed by atoms with Gasteiger partial charge >= 0.3 is 0 Å². The lowest BCUT2D eigenvalue weighted by atomic mass is 10.1. The zero-order chi connectivity index (χ0) is 20.2. The van der Waals surface area contributed by atoms with Gasteiger partial charge in [-0.25, -0.2) is 9.37 Å². The van der Waals surface area contributed by atoms with Gasteiger partial charge in [0.25, 0.3) is 5.91 Å². The van der Waals surface area contributed by atoms with E-state index in [1.54, 1.807) is 30.3 Å². The third-order valence-electron chi connectivity index (χ3n) is 4.11. The maximum atomic E-state index is 13.8. The predicted molar refractivity (Wildman–Crippen MR) is 117 cm³/mol. The zero-order valence-electron chi connectivity index (χ0n) is 15.0. The zero-order valence-corrected chi connectivity index (χ0v) is 16.6. The van der Waals surface area contributed by atoms with Crippen molar-refractivity contribution < 1.29 is 9.18 Å². The number of nitrogens with zero attached hydrogens (tertiary/aromatic N) is 1. The lowest BCUT2D eigenvalue weighted by molar-refractivity contribution is 0.102. The largest absolute Gasteiger partial charge is 0.331 e. The molecule has 0 aliphatic heterocycles. The van der Waals surface area contributed by atoms with Crippen molar-refractivity contribution in [3.8, 4) is 11.3 Å². The summed E-state index contributed by atoms with van der Waals surface area (Å²) < 4.78 is 13.8. The standard InChI is InChI=1S/C22H15ClFN3OS/c23-15-6-4-8-17(12-15)26-22-27-20(13-29-22)14-5-3-7-16(11-14)25-21(28)18-9-1-2-10-19(18)24/h1-13H,(H,25,28)(H,26,27). The first-order valence-electron chi connectivity index (χ1n) is 8.73. The molecule has 4 nitrogen and oxygen atoms in total. The van der Waals surface area contributed by atoms with Crippen molar-refractivity contribution in [3.63, 3.8) is 0 Å². The van der Waals surface area contributed by atoms with Crippen molar-refractivity contribution in [2.24, 2.45) is 0 Å². The van der Waals surface area contributed by atoms with E-state index in [1.165, 1.54) is 23.5 Å². The molecule has 0 unspecified atom stereocenters. The van der Waals surface area contributed by atoms with Crippen LogP contribution < -0.4 is 10.6 Å². The third-order valence-corrected chi connectivity index (χ3v) is 5.11. The average Bonchev–Trinajstić information content (AvgIpc) is 3.17. The van der Waals surface area contributed by atoms with Gasteiger partial charge in [-0.1, -0.05) is 41.9 Å². The summed E-state index contributed by atoms with van der Waals surface area (Å²) in [4.78, 5) is 16.9. The molecule has 2 N–H and O–H groups in total. The van der Waals surface area contributed by atoms with Crippen LogP contribution in [0.1, 0.15) is 10.4 Å². The first kappa shape index (κ1) is 19.1. The normalized spacial score (nSPS) is 10.6. The van der Waals surface area contributed by atoms with Gasteiger partial charge in [0.15, 0.2) is 5.13 Å². The molecule has 3 aromatic carbocycles. The Hall–Kier alpha value is -3.22. The van der Waals surface area contributed by atoms with E-state index >= 15 is 0 Å². The van der Waals surface area contributed by atoms with Crippen molar-refractivity contribution in [2.75, 3.05) is 10.6 Å².